The predicted molar refractivity (Wildman–Crippen MR) is 84.4 cm³/mol. The van der Waals surface area contributed by atoms with Crippen molar-refractivity contribution < 1.29 is 13.2 Å². The van der Waals surface area contributed by atoms with Crippen LogP contribution >= 0.6 is 11.6 Å². The molecule has 0 saturated heterocycles. The zero-order chi connectivity index (χ0) is 15.6. The first-order valence-corrected chi connectivity index (χ1v) is 7.92. The number of halogens is 1. The number of nitrogens with one attached hydrogen (secondary N) is 1. The van der Waals surface area contributed by atoms with E-state index in [2.05, 4.69) is 4.72 Å². The van der Waals surface area contributed by atoms with E-state index in [9.17, 15) is 8.42 Å². The first-order chi connectivity index (χ1) is 9.83. The lowest BCUT2D eigenvalue weighted by Gasteiger charge is -2.13. The van der Waals surface area contributed by atoms with Gasteiger partial charge in [-0.05, 0) is 48.9 Å². The summed E-state index contributed by atoms with van der Waals surface area (Å²) in [5, 5.41) is 0.310. The van der Waals surface area contributed by atoms with Gasteiger partial charge >= 0.3 is 0 Å². The Morgan fingerprint density at radius 1 is 1.19 bits per heavy atom. The molecule has 0 aromatic heterocycles. The van der Waals surface area contributed by atoms with E-state index in [0.717, 1.165) is 5.56 Å². The van der Waals surface area contributed by atoms with Gasteiger partial charge < -0.3 is 10.5 Å². The van der Waals surface area contributed by atoms with Crippen molar-refractivity contribution in [2.24, 2.45) is 0 Å². The maximum atomic E-state index is 12.5. The number of hydrogen-bond donors (Lipinski definition) is 2. The molecule has 0 atom stereocenters. The number of aryl methyl sites for hydroxylation is 1. The number of nitrogens with two attached hydrogens (primary N) is 1. The molecule has 0 spiro atoms. The van der Waals surface area contributed by atoms with Gasteiger partial charge in [-0.2, -0.15) is 0 Å². The molecule has 21 heavy (non-hydrogen) atoms. The second-order valence-corrected chi connectivity index (χ2v) is 6.56. The van der Waals surface area contributed by atoms with Crippen LogP contribution < -0.4 is 15.2 Å². The lowest BCUT2D eigenvalue weighted by atomic mass is 10.2. The molecule has 112 valence electrons. The summed E-state index contributed by atoms with van der Waals surface area (Å²) >= 11 is 5.87. The average molecular weight is 327 g/mol. The normalized spacial score (nSPS) is 11.2. The van der Waals surface area contributed by atoms with Crippen LogP contribution in [0.15, 0.2) is 41.3 Å². The number of methoxy groups -OCH3 is 1. The van der Waals surface area contributed by atoms with E-state index in [0.29, 0.717) is 16.4 Å². The first-order valence-electron chi connectivity index (χ1n) is 6.06. The van der Waals surface area contributed by atoms with Crippen LogP contribution in [0.4, 0.5) is 11.4 Å². The highest BCUT2D eigenvalue weighted by Gasteiger charge is 2.20. The van der Waals surface area contributed by atoms with Crippen molar-refractivity contribution in [3.05, 3.63) is 47.0 Å². The van der Waals surface area contributed by atoms with Crippen LogP contribution in [0.1, 0.15) is 5.56 Å². The molecule has 0 saturated carbocycles. The molecule has 5 nitrogen and oxygen atoms in total. The van der Waals surface area contributed by atoms with E-state index < -0.39 is 10.0 Å². The second kappa shape index (κ2) is 5.83. The molecule has 0 unspecified atom stereocenters. The fraction of sp³-hybridized carbons (Fsp3) is 0.143. The molecule has 0 aliphatic rings. The van der Waals surface area contributed by atoms with Gasteiger partial charge in [0.1, 0.15) is 10.6 Å². The lowest BCUT2D eigenvalue weighted by Crippen LogP contribution is -2.15. The summed E-state index contributed by atoms with van der Waals surface area (Å²) in [5.41, 5.74) is 7.39. The molecule has 0 fully saturated rings. The van der Waals surface area contributed by atoms with Crippen LogP contribution in [0.2, 0.25) is 5.02 Å². The molecular formula is C14H15ClN2O3S. The highest BCUT2D eigenvalue weighted by atomic mass is 35.5. The molecule has 7 heteroatoms. The van der Waals surface area contributed by atoms with Crippen molar-refractivity contribution in [2.75, 3.05) is 17.6 Å². The number of nitrogen functional groups attached to an aromatic ring is 1. The number of sulfonamides is 1. The maximum absolute atomic E-state index is 12.5. The maximum Gasteiger partial charge on any atom is 0.265 e. The first kappa shape index (κ1) is 15.5. The number of anilines is 2. The molecule has 0 bridgehead atoms. The summed E-state index contributed by atoms with van der Waals surface area (Å²) in [5.74, 6) is 0.222. The molecule has 0 heterocycles. The molecule has 2 aromatic rings. The van der Waals surface area contributed by atoms with Crippen LogP contribution in [-0.2, 0) is 10.0 Å². The zero-order valence-corrected chi connectivity index (χ0v) is 13.1. The minimum atomic E-state index is -3.81. The molecule has 3 N–H and O–H groups in total. The average Bonchev–Trinajstić information content (AvgIpc) is 2.42. The minimum absolute atomic E-state index is 0.0197. The van der Waals surface area contributed by atoms with Gasteiger partial charge in [-0.15, -0.1) is 0 Å². The third kappa shape index (κ3) is 3.40. The number of benzene rings is 2. The quantitative estimate of drug-likeness (QED) is 0.846. The van der Waals surface area contributed by atoms with Gasteiger partial charge in [0.25, 0.3) is 10.0 Å². The molecule has 0 radical (unpaired) electrons. The Kier molecular flexibility index (Phi) is 4.29. The molecule has 2 rings (SSSR count). The fourth-order valence-corrected chi connectivity index (χ4v) is 3.43. The standard InChI is InChI=1S/C14H15ClN2O3S/c1-9-7-11(16)4-5-12(9)17-21(18,19)14-8-10(15)3-6-13(14)20-2/h3-8,17H,16H2,1-2H3. The summed E-state index contributed by atoms with van der Waals surface area (Å²) in [6.07, 6.45) is 0. The van der Waals surface area contributed by atoms with Crippen molar-refractivity contribution in [2.45, 2.75) is 11.8 Å². The van der Waals surface area contributed by atoms with Crippen LogP contribution in [0.25, 0.3) is 0 Å². The zero-order valence-electron chi connectivity index (χ0n) is 11.6. The Balaban J connectivity index is 2.45. The Labute approximate surface area is 128 Å². The van der Waals surface area contributed by atoms with E-state index in [1.54, 1.807) is 31.2 Å². The summed E-state index contributed by atoms with van der Waals surface area (Å²) in [7, 11) is -2.41. The van der Waals surface area contributed by atoms with Gasteiger partial charge in [0, 0.05) is 10.7 Å². The second-order valence-electron chi connectivity index (χ2n) is 4.48. The van der Waals surface area contributed by atoms with Crippen LogP contribution in [0.5, 0.6) is 5.75 Å². The number of hydrogen-bond acceptors (Lipinski definition) is 4. The van der Waals surface area contributed by atoms with E-state index in [4.69, 9.17) is 22.1 Å². The van der Waals surface area contributed by atoms with Crippen LogP contribution in [0, 0.1) is 6.92 Å². The van der Waals surface area contributed by atoms with Gasteiger partial charge in [0.15, 0.2) is 0 Å². The van der Waals surface area contributed by atoms with Gasteiger partial charge in [-0.3, -0.25) is 4.72 Å². The topological polar surface area (TPSA) is 81.4 Å². The van der Waals surface area contributed by atoms with E-state index in [-0.39, 0.29) is 10.6 Å². The molecule has 0 aliphatic heterocycles. The fourth-order valence-electron chi connectivity index (χ4n) is 1.86. The minimum Gasteiger partial charge on any atom is -0.495 e. The van der Waals surface area contributed by atoms with Gasteiger partial charge in [0.2, 0.25) is 0 Å². The molecular weight excluding hydrogens is 312 g/mol. The van der Waals surface area contributed by atoms with Gasteiger partial charge in [0.05, 0.1) is 12.8 Å². The Hall–Kier alpha value is -1.92. The largest absolute Gasteiger partial charge is 0.495 e. The smallest absolute Gasteiger partial charge is 0.265 e. The predicted octanol–water partition coefficient (Wildman–Crippen LogP) is 3.04. The van der Waals surface area contributed by atoms with Crippen molar-refractivity contribution in [1.82, 2.24) is 0 Å². The number of rotatable bonds is 4. The van der Waals surface area contributed by atoms with E-state index >= 15 is 0 Å². The van der Waals surface area contributed by atoms with Crippen molar-refractivity contribution in [3.63, 3.8) is 0 Å². The molecule has 0 aliphatic carbocycles. The summed E-state index contributed by atoms with van der Waals surface area (Å²) in [4.78, 5) is -0.0197. The van der Waals surface area contributed by atoms with Crippen LogP contribution in [0.3, 0.4) is 0 Å². The van der Waals surface area contributed by atoms with Crippen molar-refractivity contribution >= 4 is 33.0 Å². The summed E-state index contributed by atoms with van der Waals surface area (Å²) in [6.45, 7) is 1.77. The molecule has 2 aromatic carbocycles. The Morgan fingerprint density at radius 3 is 2.52 bits per heavy atom. The summed E-state index contributed by atoms with van der Waals surface area (Å²) < 4.78 is 32.6. The lowest BCUT2D eigenvalue weighted by molar-refractivity contribution is 0.403. The number of ether oxygens (including phenoxy) is 1. The SMILES string of the molecule is COc1ccc(Cl)cc1S(=O)(=O)Nc1ccc(N)cc1C. The van der Waals surface area contributed by atoms with Crippen LogP contribution in [-0.4, -0.2) is 15.5 Å². The van der Waals surface area contributed by atoms with Crippen molar-refractivity contribution in [1.29, 1.82) is 0 Å². The third-order valence-corrected chi connectivity index (χ3v) is 4.53. The monoisotopic (exact) mass is 326 g/mol. The molecule has 0 amide bonds. The Bertz CT molecular complexity index is 776. The highest BCUT2D eigenvalue weighted by molar-refractivity contribution is 7.92. The van der Waals surface area contributed by atoms with Crippen molar-refractivity contribution in [3.8, 4) is 5.75 Å². The van der Waals surface area contributed by atoms with E-state index in [1.165, 1.54) is 19.2 Å². The third-order valence-electron chi connectivity index (χ3n) is 2.91. The van der Waals surface area contributed by atoms with E-state index in [1.807, 2.05) is 0 Å². The van der Waals surface area contributed by atoms with Gasteiger partial charge in [-0.25, -0.2) is 8.42 Å². The Morgan fingerprint density at radius 2 is 1.90 bits per heavy atom. The summed E-state index contributed by atoms with van der Waals surface area (Å²) in [6, 6.07) is 9.34. The highest BCUT2D eigenvalue weighted by Crippen LogP contribution is 2.29. The van der Waals surface area contributed by atoms with Gasteiger partial charge in [-0.1, -0.05) is 11.6 Å².